The number of hydrogen-bond donors (Lipinski definition) is 0. The number of benzene rings is 3. The molecular weight excluding hydrogens is 304 g/mol. The van der Waals surface area contributed by atoms with Crippen molar-refractivity contribution in [3.63, 3.8) is 0 Å². The summed E-state index contributed by atoms with van der Waals surface area (Å²) in [6.07, 6.45) is 1.06. The molecule has 3 rings (SSSR count). The van der Waals surface area contributed by atoms with Gasteiger partial charge in [0.15, 0.2) is 0 Å². The quantitative estimate of drug-likeness (QED) is 0.495. The fraction of sp³-hybridized carbons (Fsp3) is 0.250. The van der Waals surface area contributed by atoms with Gasteiger partial charge in [-0.25, -0.2) is 0 Å². The van der Waals surface area contributed by atoms with Crippen LogP contribution in [0.5, 0.6) is 0 Å². The van der Waals surface area contributed by atoms with Crippen LogP contribution in [-0.2, 0) is 10.2 Å². The lowest BCUT2D eigenvalue weighted by Gasteiger charge is -2.38. The van der Waals surface area contributed by atoms with Gasteiger partial charge < -0.3 is 4.74 Å². The van der Waals surface area contributed by atoms with E-state index in [1.807, 2.05) is 0 Å². The molecule has 0 aliphatic carbocycles. The summed E-state index contributed by atoms with van der Waals surface area (Å²) in [4.78, 5) is 0. The van der Waals surface area contributed by atoms with Crippen LogP contribution in [0.3, 0.4) is 0 Å². The third-order valence-electron chi connectivity index (χ3n) is 4.84. The Morgan fingerprint density at radius 1 is 0.680 bits per heavy atom. The Labute approximate surface area is 151 Å². The zero-order valence-corrected chi connectivity index (χ0v) is 15.1. The van der Waals surface area contributed by atoms with Crippen molar-refractivity contribution >= 4 is 0 Å². The van der Waals surface area contributed by atoms with Crippen LogP contribution in [0.25, 0.3) is 0 Å². The molecule has 1 atom stereocenters. The summed E-state index contributed by atoms with van der Waals surface area (Å²) in [6, 6.07) is 32.4. The molecule has 0 heterocycles. The molecule has 1 heteroatoms. The minimum atomic E-state index is -0.224. The summed E-state index contributed by atoms with van der Waals surface area (Å²) in [7, 11) is 0. The van der Waals surface area contributed by atoms with Crippen LogP contribution in [0.4, 0.5) is 0 Å². The summed E-state index contributed by atoms with van der Waals surface area (Å²) in [5, 5.41) is 0. The van der Waals surface area contributed by atoms with E-state index in [0.29, 0.717) is 0 Å². The predicted molar refractivity (Wildman–Crippen MR) is 105 cm³/mol. The lowest BCUT2D eigenvalue weighted by molar-refractivity contribution is 0.0606. The van der Waals surface area contributed by atoms with E-state index in [4.69, 9.17) is 4.74 Å². The van der Waals surface area contributed by atoms with Crippen molar-refractivity contribution in [2.45, 2.75) is 31.8 Å². The zero-order valence-electron chi connectivity index (χ0n) is 15.1. The fourth-order valence-corrected chi connectivity index (χ4v) is 3.80. The van der Waals surface area contributed by atoms with Crippen molar-refractivity contribution in [2.24, 2.45) is 0 Å². The molecule has 3 aromatic carbocycles. The molecule has 0 bridgehead atoms. The minimum absolute atomic E-state index is 0.158. The summed E-state index contributed by atoms with van der Waals surface area (Å²) >= 11 is 0. The van der Waals surface area contributed by atoms with Crippen LogP contribution in [0.15, 0.2) is 91.0 Å². The smallest absolute Gasteiger partial charge is 0.0561 e. The largest absolute Gasteiger partial charge is 0.379 e. The second kappa shape index (κ2) is 8.13. The van der Waals surface area contributed by atoms with E-state index >= 15 is 0 Å². The van der Waals surface area contributed by atoms with E-state index in [9.17, 15) is 0 Å². The lowest BCUT2D eigenvalue weighted by Crippen LogP contribution is -2.34. The number of rotatable bonds is 7. The van der Waals surface area contributed by atoms with Crippen molar-refractivity contribution in [3.05, 3.63) is 108 Å². The first-order chi connectivity index (χ1) is 12.3. The molecule has 128 valence electrons. The average Bonchev–Trinajstić information content (AvgIpc) is 2.68. The van der Waals surface area contributed by atoms with Gasteiger partial charge in [-0.05, 0) is 37.0 Å². The maximum atomic E-state index is 5.96. The van der Waals surface area contributed by atoms with Gasteiger partial charge in [0.2, 0.25) is 0 Å². The summed E-state index contributed by atoms with van der Waals surface area (Å²) < 4.78 is 5.96. The molecule has 25 heavy (non-hydrogen) atoms. The van der Waals surface area contributed by atoms with E-state index in [-0.39, 0.29) is 11.5 Å². The van der Waals surface area contributed by atoms with E-state index in [1.165, 1.54) is 16.7 Å². The van der Waals surface area contributed by atoms with Gasteiger partial charge in [0, 0.05) is 12.0 Å². The minimum Gasteiger partial charge on any atom is -0.379 e. The summed E-state index contributed by atoms with van der Waals surface area (Å²) in [6.45, 7) is 4.97. The lowest BCUT2D eigenvalue weighted by atomic mass is 9.66. The summed E-state index contributed by atoms with van der Waals surface area (Å²) in [5.74, 6) is 0. The normalized spacial score (nSPS) is 12.7. The Morgan fingerprint density at radius 3 is 1.36 bits per heavy atom. The van der Waals surface area contributed by atoms with Crippen molar-refractivity contribution in [3.8, 4) is 0 Å². The predicted octanol–water partition coefficient (Wildman–Crippen LogP) is 5.84. The van der Waals surface area contributed by atoms with Gasteiger partial charge in [-0.15, -0.1) is 0 Å². The highest BCUT2D eigenvalue weighted by atomic mass is 16.5. The van der Waals surface area contributed by atoms with Crippen LogP contribution >= 0.6 is 0 Å². The van der Waals surface area contributed by atoms with Crippen LogP contribution in [-0.4, -0.2) is 12.7 Å². The highest BCUT2D eigenvalue weighted by Crippen LogP contribution is 2.43. The summed E-state index contributed by atoms with van der Waals surface area (Å²) in [5.41, 5.74) is 3.69. The molecular formula is C24H26O. The van der Waals surface area contributed by atoms with E-state index < -0.39 is 0 Å². The van der Waals surface area contributed by atoms with Gasteiger partial charge in [0.05, 0.1) is 6.10 Å². The highest BCUT2D eigenvalue weighted by Gasteiger charge is 2.37. The van der Waals surface area contributed by atoms with Gasteiger partial charge in [0.25, 0.3) is 0 Å². The first-order valence-electron chi connectivity index (χ1n) is 9.05. The van der Waals surface area contributed by atoms with Crippen molar-refractivity contribution in [1.29, 1.82) is 0 Å². The second-order valence-corrected chi connectivity index (χ2v) is 6.47. The zero-order chi connectivity index (χ0) is 17.5. The Kier molecular flexibility index (Phi) is 5.67. The van der Waals surface area contributed by atoms with Crippen LogP contribution < -0.4 is 0 Å². The first kappa shape index (κ1) is 17.4. The van der Waals surface area contributed by atoms with E-state index in [0.717, 1.165) is 13.0 Å². The van der Waals surface area contributed by atoms with Crippen LogP contribution in [0.2, 0.25) is 0 Å². The van der Waals surface area contributed by atoms with Crippen molar-refractivity contribution in [1.82, 2.24) is 0 Å². The SMILES string of the molecule is CCOC(C)CC(c1ccccc1)(c1ccccc1)c1ccccc1. The van der Waals surface area contributed by atoms with Crippen molar-refractivity contribution < 1.29 is 4.74 Å². The van der Waals surface area contributed by atoms with Gasteiger partial charge in [0.1, 0.15) is 0 Å². The van der Waals surface area contributed by atoms with Gasteiger partial charge in [-0.1, -0.05) is 91.0 Å². The van der Waals surface area contributed by atoms with E-state index in [1.54, 1.807) is 0 Å². The highest BCUT2D eigenvalue weighted by molar-refractivity contribution is 5.50. The molecule has 3 aromatic rings. The third-order valence-corrected chi connectivity index (χ3v) is 4.84. The Hall–Kier alpha value is -2.38. The van der Waals surface area contributed by atoms with Crippen LogP contribution in [0.1, 0.15) is 37.0 Å². The number of hydrogen-bond acceptors (Lipinski definition) is 1. The standard InChI is InChI=1S/C24H26O/c1-3-25-20(2)19-24(21-13-7-4-8-14-21,22-15-9-5-10-16-22)23-17-11-6-12-18-23/h4-18,20H,3,19H2,1-2H3. The molecule has 0 saturated carbocycles. The molecule has 0 aromatic heterocycles. The Bertz CT molecular complexity index is 653. The van der Waals surface area contributed by atoms with Gasteiger partial charge in [-0.3, -0.25) is 0 Å². The molecule has 1 nitrogen and oxygen atoms in total. The van der Waals surface area contributed by atoms with Gasteiger partial charge in [-0.2, -0.15) is 0 Å². The van der Waals surface area contributed by atoms with Crippen LogP contribution in [0, 0.1) is 0 Å². The molecule has 0 spiro atoms. The molecule has 0 radical (unpaired) electrons. The molecule has 0 saturated heterocycles. The Morgan fingerprint density at radius 2 is 1.04 bits per heavy atom. The molecule has 0 amide bonds. The molecule has 0 N–H and O–H groups in total. The molecule has 0 fully saturated rings. The topological polar surface area (TPSA) is 9.23 Å². The second-order valence-electron chi connectivity index (χ2n) is 6.47. The molecule has 1 unspecified atom stereocenters. The molecule has 0 aliphatic rings. The first-order valence-corrected chi connectivity index (χ1v) is 9.05. The fourth-order valence-electron chi connectivity index (χ4n) is 3.80. The number of ether oxygens (including phenoxy) is 1. The monoisotopic (exact) mass is 330 g/mol. The maximum Gasteiger partial charge on any atom is 0.0561 e. The van der Waals surface area contributed by atoms with E-state index in [2.05, 4.69) is 105 Å². The molecule has 0 aliphatic heterocycles. The van der Waals surface area contributed by atoms with Crippen molar-refractivity contribution in [2.75, 3.05) is 6.61 Å². The maximum absolute atomic E-state index is 5.96. The third kappa shape index (κ3) is 3.67. The Balaban J connectivity index is 2.24. The van der Waals surface area contributed by atoms with Gasteiger partial charge >= 0.3 is 0 Å². The average molecular weight is 330 g/mol.